The van der Waals surface area contributed by atoms with Crippen molar-refractivity contribution in [2.45, 2.75) is 64.7 Å². The van der Waals surface area contributed by atoms with Crippen LogP contribution in [0, 0.1) is 0 Å². The SMILES string of the molecule is CCCC/C=C(/CCCCC(C)c1ccccc1)C(N)=O. The minimum absolute atomic E-state index is 0.248. The summed E-state index contributed by atoms with van der Waals surface area (Å²) >= 11 is 0. The minimum Gasteiger partial charge on any atom is -0.366 e. The van der Waals surface area contributed by atoms with Gasteiger partial charge >= 0.3 is 0 Å². The van der Waals surface area contributed by atoms with Crippen LogP contribution in [0.3, 0.4) is 0 Å². The highest BCUT2D eigenvalue weighted by Crippen LogP contribution is 2.22. The first kappa shape index (κ1) is 17.5. The monoisotopic (exact) mass is 287 g/mol. The lowest BCUT2D eigenvalue weighted by Gasteiger charge is -2.11. The molecule has 0 radical (unpaired) electrons. The van der Waals surface area contributed by atoms with E-state index in [1.165, 1.54) is 5.56 Å². The maximum atomic E-state index is 11.4. The number of hydrogen-bond acceptors (Lipinski definition) is 1. The third-order valence-electron chi connectivity index (χ3n) is 3.97. The number of carbonyl (C=O) groups is 1. The molecule has 0 heterocycles. The van der Waals surface area contributed by atoms with Crippen LogP contribution < -0.4 is 5.73 Å². The first-order valence-corrected chi connectivity index (χ1v) is 8.19. The zero-order chi connectivity index (χ0) is 15.5. The van der Waals surface area contributed by atoms with Crippen molar-refractivity contribution in [1.29, 1.82) is 0 Å². The fraction of sp³-hybridized carbons (Fsp3) is 0.526. The largest absolute Gasteiger partial charge is 0.366 e. The van der Waals surface area contributed by atoms with Crippen molar-refractivity contribution in [1.82, 2.24) is 0 Å². The second kappa shape index (κ2) is 10.2. The fourth-order valence-corrected chi connectivity index (χ4v) is 2.52. The number of rotatable bonds is 10. The molecule has 0 aliphatic rings. The molecular formula is C19H29NO. The van der Waals surface area contributed by atoms with Gasteiger partial charge < -0.3 is 5.73 Å². The van der Waals surface area contributed by atoms with Gasteiger partial charge in [-0.3, -0.25) is 4.79 Å². The summed E-state index contributed by atoms with van der Waals surface area (Å²) in [6.07, 6.45) is 9.43. The standard InChI is InChI=1S/C19H29NO/c1-3-4-6-14-18(19(20)21)15-10-9-11-16(2)17-12-7-5-8-13-17/h5,7-8,12-14,16H,3-4,6,9-11,15H2,1-2H3,(H2,20,21)/b18-14-. The molecule has 116 valence electrons. The molecule has 2 N–H and O–H groups in total. The molecule has 1 aromatic rings. The Morgan fingerprint density at radius 2 is 1.90 bits per heavy atom. The van der Waals surface area contributed by atoms with Crippen LogP contribution >= 0.6 is 0 Å². The molecule has 2 nitrogen and oxygen atoms in total. The van der Waals surface area contributed by atoms with Crippen LogP contribution in [-0.2, 0) is 4.79 Å². The highest BCUT2D eigenvalue weighted by atomic mass is 16.1. The molecule has 1 amide bonds. The van der Waals surface area contributed by atoms with Crippen LogP contribution in [0.5, 0.6) is 0 Å². The van der Waals surface area contributed by atoms with Gasteiger partial charge in [0.25, 0.3) is 0 Å². The van der Waals surface area contributed by atoms with Gasteiger partial charge in [0.05, 0.1) is 0 Å². The van der Waals surface area contributed by atoms with Crippen LogP contribution in [-0.4, -0.2) is 5.91 Å². The number of primary amides is 1. The Balaban J connectivity index is 2.31. The van der Waals surface area contributed by atoms with E-state index in [1.54, 1.807) is 0 Å². The van der Waals surface area contributed by atoms with Gasteiger partial charge in [0.1, 0.15) is 0 Å². The van der Waals surface area contributed by atoms with Crippen molar-refractivity contribution < 1.29 is 4.79 Å². The van der Waals surface area contributed by atoms with Gasteiger partial charge in [-0.2, -0.15) is 0 Å². The lowest BCUT2D eigenvalue weighted by atomic mass is 9.94. The van der Waals surface area contributed by atoms with E-state index in [9.17, 15) is 4.79 Å². The number of benzene rings is 1. The predicted molar refractivity (Wildman–Crippen MR) is 90.1 cm³/mol. The van der Waals surface area contributed by atoms with Gasteiger partial charge in [0.15, 0.2) is 0 Å². The van der Waals surface area contributed by atoms with Crippen LogP contribution in [0.1, 0.15) is 70.3 Å². The number of carbonyl (C=O) groups excluding carboxylic acids is 1. The van der Waals surface area contributed by atoms with E-state index >= 15 is 0 Å². The number of allylic oxidation sites excluding steroid dienone is 1. The normalized spacial score (nSPS) is 13.1. The third-order valence-corrected chi connectivity index (χ3v) is 3.97. The smallest absolute Gasteiger partial charge is 0.244 e. The molecule has 0 bridgehead atoms. The van der Waals surface area contributed by atoms with E-state index in [4.69, 9.17) is 5.73 Å². The average Bonchev–Trinajstić information content (AvgIpc) is 2.50. The molecular weight excluding hydrogens is 258 g/mol. The van der Waals surface area contributed by atoms with Gasteiger partial charge in [-0.25, -0.2) is 0 Å². The molecule has 0 aromatic heterocycles. The summed E-state index contributed by atoms with van der Waals surface area (Å²) in [6.45, 7) is 4.42. The second-order valence-electron chi connectivity index (χ2n) is 5.79. The van der Waals surface area contributed by atoms with Crippen molar-refractivity contribution in [3.63, 3.8) is 0 Å². The van der Waals surface area contributed by atoms with E-state index in [0.29, 0.717) is 5.92 Å². The predicted octanol–water partition coefficient (Wildman–Crippen LogP) is 4.95. The van der Waals surface area contributed by atoms with Gasteiger partial charge in [0, 0.05) is 5.57 Å². The average molecular weight is 287 g/mol. The topological polar surface area (TPSA) is 43.1 Å². The number of unbranched alkanes of at least 4 members (excludes halogenated alkanes) is 3. The van der Waals surface area contributed by atoms with Crippen LogP contribution in [0.4, 0.5) is 0 Å². The van der Waals surface area contributed by atoms with Gasteiger partial charge in [0.2, 0.25) is 5.91 Å². The third kappa shape index (κ3) is 7.12. The van der Waals surface area contributed by atoms with Crippen molar-refractivity contribution in [3.05, 3.63) is 47.5 Å². The van der Waals surface area contributed by atoms with Crippen LogP contribution in [0.25, 0.3) is 0 Å². The van der Waals surface area contributed by atoms with E-state index < -0.39 is 0 Å². The van der Waals surface area contributed by atoms with Crippen molar-refractivity contribution in [2.75, 3.05) is 0 Å². The molecule has 0 fully saturated rings. The quantitative estimate of drug-likeness (QED) is 0.480. The Morgan fingerprint density at radius 3 is 2.52 bits per heavy atom. The summed E-state index contributed by atoms with van der Waals surface area (Å²) in [5.41, 5.74) is 7.65. The van der Waals surface area contributed by atoms with Crippen LogP contribution in [0.2, 0.25) is 0 Å². The van der Waals surface area contributed by atoms with Crippen molar-refractivity contribution in [3.8, 4) is 0 Å². The Bertz CT molecular complexity index is 436. The second-order valence-corrected chi connectivity index (χ2v) is 5.79. The molecule has 1 aromatic carbocycles. The van der Waals surface area contributed by atoms with Crippen molar-refractivity contribution in [2.24, 2.45) is 5.73 Å². The fourth-order valence-electron chi connectivity index (χ4n) is 2.52. The minimum atomic E-state index is -0.248. The lowest BCUT2D eigenvalue weighted by molar-refractivity contribution is -0.114. The first-order chi connectivity index (χ1) is 10.1. The molecule has 0 spiro atoms. The summed E-state index contributed by atoms with van der Waals surface area (Å²) in [5, 5.41) is 0. The van der Waals surface area contributed by atoms with Crippen LogP contribution in [0.15, 0.2) is 42.0 Å². The molecule has 1 rings (SSSR count). The van der Waals surface area contributed by atoms with Gasteiger partial charge in [-0.1, -0.05) is 69.5 Å². The van der Waals surface area contributed by atoms with E-state index in [-0.39, 0.29) is 5.91 Å². The number of amides is 1. The summed E-state index contributed by atoms with van der Waals surface area (Å²) < 4.78 is 0. The highest BCUT2D eigenvalue weighted by Gasteiger charge is 2.07. The van der Waals surface area contributed by atoms with Gasteiger partial charge in [-0.05, 0) is 37.2 Å². The first-order valence-electron chi connectivity index (χ1n) is 8.19. The Morgan fingerprint density at radius 1 is 1.19 bits per heavy atom. The molecule has 21 heavy (non-hydrogen) atoms. The summed E-state index contributed by atoms with van der Waals surface area (Å²) in [7, 11) is 0. The van der Waals surface area contributed by atoms with E-state index in [0.717, 1.165) is 50.5 Å². The maximum Gasteiger partial charge on any atom is 0.244 e. The molecule has 1 unspecified atom stereocenters. The number of nitrogens with two attached hydrogens (primary N) is 1. The molecule has 1 atom stereocenters. The number of hydrogen-bond donors (Lipinski definition) is 1. The maximum absolute atomic E-state index is 11.4. The molecule has 2 heteroatoms. The Kier molecular flexibility index (Phi) is 8.49. The summed E-state index contributed by atoms with van der Waals surface area (Å²) in [6, 6.07) is 10.6. The summed E-state index contributed by atoms with van der Waals surface area (Å²) in [5.74, 6) is 0.328. The molecule has 0 saturated heterocycles. The Labute approximate surface area is 129 Å². The molecule has 0 saturated carbocycles. The van der Waals surface area contributed by atoms with Gasteiger partial charge in [-0.15, -0.1) is 0 Å². The zero-order valence-electron chi connectivity index (χ0n) is 13.5. The van der Waals surface area contributed by atoms with E-state index in [2.05, 4.69) is 44.2 Å². The van der Waals surface area contributed by atoms with Crippen molar-refractivity contribution >= 4 is 5.91 Å². The summed E-state index contributed by atoms with van der Waals surface area (Å²) in [4.78, 5) is 11.4. The zero-order valence-corrected chi connectivity index (χ0v) is 13.5. The highest BCUT2D eigenvalue weighted by molar-refractivity contribution is 5.91. The Hall–Kier alpha value is -1.57. The van der Waals surface area contributed by atoms with E-state index in [1.807, 2.05) is 6.08 Å². The molecule has 0 aliphatic carbocycles. The lowest BCUT2D eigenvalue weighted by Crippen LogP contribution is -2.14. The molecule has 0 aliphatic heterocycles.